The maximum atomic E-state index is 13.2. The van der Waals surface area contributed by atoms with Crippen LogP contribution in [0.5, 0.6) is 0 Å². The van der Waals surface area contributed by atoms with Gasteiger partial charge in [0, 0.05) is 30.6 Å². The third kappa shape index (κ3) is 5.65. The Hall–Kier alpha value is -2.70. The second-order valence-corrected chi connectivity index (χ2v) is 11.4. The van der Waals surface area contributed by atoms with Crippen molar-refractivity contribution < 1.29 is 4.79 Å². The minimum atomic E-state index is 0.0294. The average Bonchev–Trinajstić information content (AvgIpc) is 3.17. The Balaban J connectivity index is 1.38. The van der Waals surface area contributed by atoms with Crippen molar-refractivity contribution in [2.45, 2.75) is 45.4 Å². The number of hydrogen-bond acceptors (Lipinski definition) is 5. The number of rotatable bonds is 8. The summed E-state index contributed by atoms with van der Waals surface area (Å²) in [7, 11) is 0. The second-order valence-electron chi connectivity index (χ2n) is 9.75. The van der Waals surface area contributed by atoms with Crippen molar-refractivity contribution in [3.63, 3.8) is 0 Å². The van der Waals surface area contributed by atoms with Gasteiger partial charge in [-0.05, 0) is 55.4 Å². The minimum Gasteiger partial charge on any atom is -0.356 e. The fourth-order valence-corrected chi connectivity index (χ4v) is 6.43. The molecule has 186 valence electrons. The van der Waals surface area contributed by atoms with E-state index in [1.807, 2.05) is 18.2 Å². The smallest absolute Gasteiger partial charge is 0.266 e. The number of nitrogens with zero attached hydrogens (tertiary/aromatic N) is 3. The molecule has 2 fully saturated rings. The first-order valence-corrected chi connectivity index (χ1v) is 14.3. The summed E-state index contributed by atoms with van der Waals surface area (Å²) in [4.78, 5) is 23.2. The Morgan fingerprint density at radius 1 is 1.06 bits per heavy atom. The summed E-state index contributed by atoms with van der Waals surface area (Å²) in [5.41, 5.74) is 3.41. The molecule has 4 nitrogen and oxygen atoms in total. The third-order valence-corrected chi connectivity index (χ3v) is 8.54. The van der Waals surface area contributed by atoms with Gasteiger partial charge in [-0.1, -0.05) is 92.3 Å². The Labute approximate surface area is 223 Å². The number of carbonyl (C=O) groups is 1. The highest BCUT2D eigenvalue weighted by Crippen LogP contribution is 2.36. The van der Waals surface area contributed by atoms with Gasteiger partial charge in [-0.15, -0.1) is 0 Å². The lowest BCUT2D eigenvalue weighted by molar-refractivity contribution is -0.122. The number of unbranched alkanes of at least 4 members (excludes halogenated alkanes) is 2. The molecule has 2 aliphatic heterocycles. The predicted molar refractivity (Wildman–Crippen MR) is 156 cm³/mol. The first kappa shape index (κ1) is 25.0. The number of hydrogen-bond donors (Lipinski definition) is 0. The number of aromatic nitrogens is 1. The van der Waals surface area contributed by atoms with E-state index in [9.17, 15) is 4.79 Å². The average molecular weight is 516 g/mol. The summed E-state index contributed by atoms with van der Waals surface area (Å²) in [6.45, 7) is 4.82. The molecule has 5 rings (SSSR count). The Morgan fingerprint density at radius 3 is 2.58 bits per heavy atom. The summed E-state index contributed by atoms with van der Waals surface area (Å²) in [5.74, 6) is 1.69. The zero-order valence-corrected chi connectivity index (χ0v) is 22.5. The van der Waals surface area contributed by atoms with Gasteiger partial charge in [0.05, 0.1) is 10.4 Å². The molecule has 0 bridgehead atoms. The maximum absolute atomic E-state index is 13.2. The monoisotopic (exact) mass is 515 g/mol. The zero-order chi connectivity index (χ0) is 24.9. The van der Waals surface area contributed by atoms with Crippen LogP contribution >= 0.6 is 24.0 Å². The van der Waals surface area contributed by atoms with Crippen LogP contribution in [0.4, 0.5) is 5.82 Å². The maximum Gasteiger partial charge on any atom is 0.266 e. The van der Waals surface area contributed by atoms with Crippen LogP contribution in [0.25, 0.3) is 17.0 Å². The summed E-state index contributed by atoms with van der Waals surface area (Å²) in [6.07, 6.45) is 8.65. The minimum absolute atomic E-state index is 0.0294. The Morgan fingerprint density at radius 2 is 1.81 bits per heavy atom. The van der Waals surface area contributed by atoms with E-state index < -0.39 is 0 Å². The summed E-state index contributed by atoms with van der Waals surface area (Å²) < 4.78 is 0.666. The van der Waals surface area contributed by atoms with Gasteiger partial charge in [0.25, 0.3) is 5.91 Å². The lowest BCUT2D eigenvalue weighted by Gasteiger charge is -2.34. The molecule has 3 heterocycles. The number of fused-ring (bicyclic) bond motifs is 1. The van der Waals surface area contributed by atoms with E-state index in [4.69, 9.17) is 17.2 Å². The molecule has 2 aliphatic rings. The van der Waals surface area contributed by atoms with E-state index in [1.54, 1.807) is 4.90 Å². The van der Waals surface area contributed by atoms with Crippen LogP contribution in [-0.4, -0.2) is 39.7 Å². The largest absolute Gasteiger partial charge is 0.356 e. The molecule has 2 aromatic carbocycles. The lowest BCUT2D eigenvalue weighted by Crippen LogP contribution is -2.35. The van der Waals surface area contributed by atoms with Crippen molar-refractivity contribution in [1.82, 2.24) is 9.88 Å². The first-order chi connectivity index (χ1) is 17.6. The normalized spacial score (nSPS) is 18.1. The summed E-state index contributed by atoms with van der Waals surface area (Å²) >= 11 is 6.98. The quantitative estimate of drug-likeness (QED) is 0.182. The molecular weight excluding hydrogens is 482 g/mol. The van der Waals surface area contributed by atoms with Crippen molar-refractivity contribution in [2.24, 2.45) is 5.92 Å². The van der Waals surface area contributed by atoms with Crippen molar-refractivity contribution in [3.05, 3.63) is 76.7 Å². The zero-order valence-electron chi connectivity index (χ0n) is 20.9. The van der Waals surface area contributed by atoms with Gasteiger partial charge < -0.3 is 4.90 Å². The predicted octanol–water partition coefficient (Wildman–Crippen LogP) is 7.09. The molecule has 0 saturated carbocycles. The van der Waals surface area contributed by atoms with Crippen LogP contribution in [0.15, 0.2) is 65.6 Å². The molecule has 6 heteroatoms. The van der Waals surface area contributed by atoms with Crippen LogP contribution in [0.3, 0.4) is 0 Å². The molecule has 0 unspecified atom stereocenters. The molecular formula is C30H33N3OS2. The molecule has 1 amide bonds. The highest BCUT2D eigenvalue weighted by Gasteiger charge is 2.32. The SMILES string of the molecule is CCCCCN1C(=O)/C(=C/c2cc3ccccc3nc2N2CCC(Cc3ccccc3)CC2)SC1=S. The fraction of sp³-hybridized carbons (Fsp3) is 0.367. The standard InChI is InChI=1S/C30H33N3OS2/c1-2-3-9-16-33-29(34)27(36-30(33)35)21-25-20-24-12-7-8-13-26(24)31-28(25)32-17-14-23(15-18-32)19-22-10-5-4-6-11-22/h4-8,10-13,20-21,23H,2-3,9,14-19H2,1H3/b27-21-. The Bertz CT molecular complexity index is 1270. The third-order valence-electron chi connectivity index (χ3n) is 7.16. The van der Waals surface area contributed by atoms with Crippen LogP contribution < -0.4 is 4.90 Å². The van der Waals surface area contributed by atoms with Gasteiger partial charge in [-0.3, -0.25) is 9.69 Å². The number of benzene rings is 2. The van der Waals surface area contributed by atoms with Crippen molar-refractivity contribution in [3.8, 4) is 0 Å². The number of anilines is 1. The molecule has 0 aliphatic carbocycles. The fourth-order valence-electron chi connectivity index (χ4n) is 5.13. The Kier molecular flexibility index (Phi) is 8.02. The van der Waals surface area contributed by atoms with Crippen molar-refractivity contribution >= 4 is 57.0 Å². The van der Waals surface area contributed by atoms with E-state index in [0.29, 0.717) is 21.7 Å². The lowest BCUT2D eigenvalue weighted by atomic mass is 9.90. The molecule has 0 N–H and O–H groups in total. The van der Waals surface area contributed by atoms with E-state index in [0.717, 1.165) is 73.9 Å². The van der Waals surface area contributed by atoms with Crippen LogP contribution in [0.2, 0.25) is 0 Å². The van der Waals surface area contributed by atoms with Crippen molar-refractivity contribution in [2.75, 3.05) is 24.5 Å². The van der Waals surface area contributed by atoms with Gasteiger partial charge >= 0.3 is 0 Å². The van der Waals surface area contributed by atoms with Gasteiger partial charge in [-0.25, -0.2) is 4.98 Å². The summed E-state index contributed by atoms with van der Waals surface area (Å²) in [6, 6.07) is 21.2. The molecule has 2 saturated heterocycles. The van der Waals surface area contributed by atoms with Crippen molar-refractivity contribution in [1.29, 1.82) is 0 Å². The number of thioether (sulfide) groups is 1. The number of amides is 1. The second kappa shape index (κ2) is 11.6. The number of carbonyl (C=O) groups excluding carboxylic acids is 1. The number of pyridine rings is 1. The first-order valence-electron chi connectivity index (χ1n) is 13.1. The van der Waals surface area contributed by atoms with E-state index in [1.165, 1.54) is 17.3 Å². The van der Waals surface area contributed by atoms with Crippen LogP contribution in [0.1, 0.15) is 50.2 Å². The van der Waals surface area contributed by atoms with Crippen LogP contribution in [-0.2, 0) is 11.2 Å². The topological polar surface area (TPSA) is 36.4 Å². The molecule has 1 aromatic heterocycles. The number of piperidine rings is 1. The van der Waals surface area contributed by atoms with E-state index >= 15 is 0 Å². The van der Waals surface area contributed by atoms with E-state index in [2.05, 4.69) is 60.4 Å². The summed E-state index contributed by atoms with van der Waals surface area (Å²) in [5, 5.41) is 1.09. The van der Waals surface area contributed by atoms with Crippen LogP contribution in [0, 0.1) is 5.92 Å². The van der Waals surface area contributed by atoms with E-state index in [-0.39, 0.29) is 5.91 Å². The molecule has 0 atom stereocenters. The number of thiocarbonyl (C=S) groups is 1. The van der Waals surface area contributed by atoms with Gasteiger partial charge in [0.2, 0.25) is 0 Å². The highest BCUT2D eigenvalue weighted by molar-refractivity contribution is 8.26. The molecule has 0 spiro atoms. The highest BCUT2D eigenvalue weighted by atomic mass is 32.2. The molecule has 36 heavy (non-hydrogen) atoms. The van der Waals surface area contributed by atoms with Gasteiger partial charge in [0.15, 0.2) is 0 Å². The number of para-hydroxylation sites is 1. The molecule has 3 aromatic rings. The van der Waals surface area contributed by atoms with Gasteiger partial charge in [0.1, 0.15) is 10.1 Å². The molecule has 0 radical (unpaired) electrons. The van der Waals surface area contributed by atoms with Gasteiger partial charge in [-0.2, -0.15) is 0 Å².